The first-order chi connectivity index (χ1) is 10.9. The van der Waals surface area contributed by atoms with Crippen molar-refractivity contribution < 1.29 is 19.6 Å². The fourth-order valence-corrected chi connectivity index (χ4v) is 2.27. The lowest BCUT2D eigenvalue weighted by molar-refractivity contribution is -0.386. The van der Waals surface area contributed by atoms with E-state index in [-0.39, 0.29) is 29.4 Å². The van der Waals surface area contributed by atoms with Gasteiger partial charge in [0.2, 0.25) is 0 Å². The third-order valence-corrected chi connectivity index (χ3v) is 3.57. The van der Waals surface area contributed by atoms with Crippen LogP contribution in [0.3, 0.4) is 0 Å². The van der Waals surface area contributed by atoms with Crippen LogP contribution >= 0.6 is 11.6 Å². The van der Waals surface area contributed by atoms with Crippen LogP contribution in [0.2, 0.25) is 5.02 Å². The van der Waals surface area contributed by atoms with Crippen molar-refractivity contribution >= 4 is 23.1 Å². The Bertz CT molecular complexity index is 747. The van der Waals surface area contributed by atoms with Gasteiger partial charge in [-0.15, -0.1) is 0 Å². The van der Waals surface area contributed by atoms with Crippen LogP contribution in [-0.2, 0) is 0 Å². The SMILES string of the molecule is CC(=O)c1ccc(OCC(O)c2ccccc2Cl)c([N+](=O)[O-])c1. The summed E-state index contributed by atoms with van der Waals surface area (Å²) in [6.07, 6.45) is -1.03. The molecular weight excluding hydrogens is 322 g/mol. The van der Waals surface area contributed by atoms with Gasteiger partial charge in [0.1, 0.15) is 12.7 Å². The molecule has 7 heteroatoms. The van der Waals surface area contributed by atoms with Crippen LogP contribution in [0.1, 0.15) is 28.9 Å². The number of hydrogen-bond donors (Lipinski definition) is 1. The molecule has 120 valence electrons. The van der Waals surface area contributed by atoms with Gasteiger partial charge in [0, 0.05) is 22.2 Å². The summed E-state index contributed by atoms with van der Waals surface area (Å²) in [6.45, 7) is 1.12. The number of nitro groups is 1. The van der Waals surface area contributed by atoms with Crippen molar-refractivity contribution in [1.29, 1.82) is 0 Å². The third-order valence-electron chi connectivity index (χ3n) is 3.22. The Morgan fingerprint density at radius 2 is 2.04 bits per heavy atom. The van der Waals surface area contributed by atoms with E-state index in [0.29, 0.717) is 10.6 Å². The van der Waals surface area contributed by atoms with Crippen molar-refractivity contribution in [3.8, 4) is 5.75 Å². The molecule has 2 aromatic carbocycles. The van der Waals surface area contributed by atoms with Crippen LogP contribution in [0.25, 0.3) is 0 Å². The van der Waals surface area contributed by atoms with Crippen LogP contribution in [-0.4, -0.2) is 22.4 Å². The Morgan fingerprint density at radius 1 is 1.35 bits per heavy atom. The Balaban J connectivity index is 2.18. The van der Waals surface area contributed by atoms with E-state index in [1.165, 1.54) is 19.1 Å². The second-order valence-corrected chi connectivity index (χ2v) is 5.25. The van der Waals surface area contributed by atoms with Crippen molar-refractivity contribution in [2.75, 3.05) is 6.61 Å². The zero-order valence-corrected chi connectivity index (χ0v) is 13.0. The maximum atomic E-state index is 11.3. The largest absolute Gasteiger partial charge is 0.484 e. The van der Waals surface area contributed by atoms with Crippen molar-refractivity contribution in [3.63, 3.8) is 0 Å². The summed E-state index contributed by atoms with van der Waals surface area (Å²) < 4.78 is 5.34. The number of rotatable bonds is 6. The minimum atomic E-state index is -1.03. The minimum Gasteiger partial charge on any atom is -0.484 e. The molecule has 1 unspecified atom stereocenters. The number of hydrogen-bond acceptors (Lipinski definition) is 5. The highest BCUT2D eigenvalue weighted by Crippen LogP contribution is 2.30. The number of Topliss-reactive ketones (excluding diaryl/α,β-unsaturated/α-hetero) is 1. The van der Waals surface area contributed by atoms with Gasteiger partial charge >= 0.3 is 5.69 Å². The number of aliphatic hydroxyl groups is 1. The summed E-state index contributed by atoms with van der Waals surface area (Å²) in [5, 5.41) is 21.6. The number of aliphatic hydroxyl groups excluding tert-OH is 1. The zero-order valence-electron chi connectivity index (χ0n) is 12.2. The molecule has 6 nitrogen and oxygen atoms in total. The number of carbonyl (C=O) groups excluding carboxylic acids is 1. The summed E-state index contributed by atoms with van der Waals surface area (Å²) in [6, 6.07) is 10.6. The maximum Gasteiger partial charge on any atom is 0.311 e. The average Bonchev–Trinajstić information content (AvgIpc) is 2.52. The van der Waals surface area contributed by atoms with Crippen LogP contribution in [0.4, 0.5) is 5.69 Å². The molecule has 0 aliphatic carbocycles. The molecule has 0 fully saturated rings. The van der Waals surface area contributed by atoms with Gasteiger partial charge in [-0.25, -0.2) is 0 Å². The topological polar surface area (TPSA) is 89.7 Å². The maximum absolute atomic E-state index is 11.3. The first-order valence-corrected chi connectivity index (χ1v) is 7.12. The molecule has 0 saturated heterocycles. The fraction of sp³-hybridized carbons (Fsp3) is 0.188. The highest BCUT2D eigenvalue weighted by atomic mass is 35.5. The summed E-state index contributed by atoms with van der Waals surface area (Å²) in [5.41, 5.74) is 0.358. The molecule has 0 aliphatic rings. The number of ketones is 1. The zero-order chi connectivity index (χ0) is 17.0. The summed E-state index contributed by atoms with van der Waals surface area (Å²) in [4.78, 5) is 21.8. The lowest BCUT2D eigenvalue weighted by atomic mass is 10.1. The molecule has 0 radical (unpaired) electrons. The second kappa shape index (κ2) is 7.21. The molecule has 23 heavy (non-hydrogen) atoms. The molecule has 0 bridgehead atoms. The number of ether oxygens (including phenoxy) is 1. The minimum absolute atomic E-state index is 0.0221. The number of carbonyl (C=O) groups is 1. The van der Waals surface area contributed by atoms with Crippen molar-refractivity contribution in [2.24, 2.45) is 0 Å². The molecule has 0 heterocycles. The molecule has 0 spiro atoms. The van der Waals surface area contributed by atoms with Gasteiger partial charge in [0.15, 0.2) is 11.5 Å². The molecule has 0 aromatic heterocycles. The second-order valence-electron chi connectivity index (χ2n) is 4.84. The van der Waals surface area contributed by atoms with Crippen LogP contribution in [0, 0.1) is 10.1 Å². The van der Waals surface area contributed by atoms with E-state index >= 15 is 0 Å². The van der Waals surface area contributed by atoms with Gasteiger partial charge in [-0.1, -0.05) is 29.8 Å². The summed E-state index contributed by atoms with van der Waals surface area (Å²) in [7, 11) is 0. The van der Waals surface area contributed by atoms with Gasteiger partial charge in [-0.05, 0) is 25.1 Å². The Kier molecular flexibility index (Phi) is 5.31. The molecular formula is C16H14ClNO5. The van der Waals surface area contributed by atoms with E-state index in [2.05, 4.69) is 0 Å². The Labute approximate surface area is 137 Å². The van der Waals surface area contributed by atoms with Crippen LogP contribution < -0.4 is 4.74 Å². The van der Waals surface area contributed by atoms with E-state index in [1.807, 2.05) is 0 Å². The smallest absolute Gasteiger partial charge is 0.311 e. The molecule has 0 amide bonds. The highest BCUT2D eigenvalue weighted by Gasteiger charge is 2.19. The molecule has 0 aliphatic heterocycles. The van der Waals surface area contributed by atoms with E-state index < -0.39 is 11.0 Å². The summed E-state index contributed by atoms with van der Waals surface area (Å²) >= 11 is 5.98. The molecule has 1 N–H and O–H groups in total. The van der Waals surface area contributed by atoms with Crippen LogP contribution in [0.5, 0.6) is 5.75 Å². The molecule has 0 saturated carbocycles. The highest BCUT2D eigenvalue weighted by molar-refractivity contribution is 6.31. The number of nitro benzene ring substituents is 1. The van der Waals surface area contributed by atoms with E-state index in [0.717, 1.165) is 6.07 Å². The van der Waals surface area contributed by atoms with Gasteiger partial charge < -0.3 is 9.84 Å². The number of halogens is 1. The van der Waals surface area contributed by atoms with Crippen LogP contribution in [0.15, 0.2) is 42.5 Å². The normalized spacial score (nSPS) is 11.8. The first kappa shape index (κ1) is 16.9. The van der Waals surface area contributed by atoms with Gasteiger partial charge in [0.05, 0.1) is 4.92 Å². The van der Waals surface area contributed by atoms with Gasteiger partial charge in [0.25, 0.3) is 0 Å². The summed E-state index contributed by atoms with van der Waals surface area (Å²) in [5.74, 6) is -0.304. The standard InChI is InChI=1S/C16H14ClNO5/c1-10(19)11-6-7-16(14(8-11)18(21)22)23-9-15(20)12-4-2-3-5-13(12)17/h2-8,15,20H,9H2,1H3. The Morgan fingerprint density at radius 3 is 2.65 bits per heavy atom. The van der Waals surface area contributed by atoms with Gasteiger partial charge in [-0.3, -0.25) is 14.9 Å². The lowest BCUT2D eigenvalue weighted by Gasteiger charge is -2.14. The van der Waals surface area contributed by atoms with E-state index in [4.69, 9.17) is 16.3 Å². The van der Waals surface area contributed by atoms with Crippen molar-refractivity contribution in [2.45, 2.75) is 13.0 Å². The first-order valence-electron chi connectivity index (χ1n) is 6.75. The molecule has 2 rings (SSSR count). The predicted octanol–water partition coefficient (Wildman–Crippen LogP) is 3.56. The molecule has 1 atom stereocenters. The Hall–Kier alpha value is -2.44. The monoisotopic (exact) mass is 335 g/mol. The number of nitrogens with zero attached hydrogens (tertiary/aromatic N) is 1. The quantitative estimate of drug-likeness (QED) is 0.495. The average molecular weight is 336 g/mol. The van der Waals surface area contributed by atoms with E-state index in [9.17, 15) is 20.0 Å². The van der Waals surface area contributed by atoms with Gasteiger partial charge in [-0.2, -0.15) is 0 Å². The van der Waals surface area contributed by atoms with E-state index in [1.54, 1.807) is 24.3 Å². The van der Waals surface area contributed by atoms with Crippen molar-refractivity contribution in [3.05, 3.63) is 68.7 Å². The molecule has 2 aromatic rings. The van der Waals surface area contributed by atoms with Crippen molar-refractivity contribution in [1.82, 2.24) is 0 Å². The third kappa shape index (κ3) is 4.06. The predicted molar refractivity (Wildman–Crippen MR) is 85.0 cm³/mol. The lowest BCUT2D eigenvalue weighted by Crippen LogP contribution is -2.11. The number of benzene rings is 2. The fourth-order valence-electron chi connectivity index (χ4n) is 2.00.